The number of anilines is 2. The van der Waals surface area contributed by atoms with E-state index in [0.29, 0.717) is 28.1 Å². The summed E-state index contributed by atoms with van der Waals surface area (Å²) in [5, 5.41) is 7.06. The largest absolute Gasteiger partial charge is 0.573 e. The van der Waals surface area contributed by atoms with Gasteiger partial charge in [0.1, 0.15) is 17.4 Å². The Hall–Kier alpha value is -3.04. The van der Waals surface area contributed by atoms with Crippen LogP contribution >= 0.6 is 11.6 Å². The van der Waals surface area contributed by atoms with Gasteiger partial charge in [0.25, 0.3) is 0 Å². The summed E-state index contributed by atoms with van der Waals surface area (Å²) in [6.07, 6.45) is 0.823. The van der Waals surface area contributed by atoms with Crippen LogP contribution in [-0.4, -0.2) is 28.4 Å². The van der Waals surface area contributed by atoms with Crippen molar-refractivity contribution >= 4 is 23.2 Å². The molecule has 1 saturated carbocycles. The van der Waals surface area contributed by atoms with Crippen molar-refractivity contribution in [3.8, 4) is 17.0 Å². The van der Waals surface area contributed by atoms with Crippen molar-refractivity contribution in [2.75, 3.05) is 10.6 Å². The van der Waals surface area contributed by atoms with Crippen molar-refractivity contribution in [2.24, 2.45) is 5.73 Å². The second-order valence-corrected chi connectivity index (χ2v) is 8.67. The number of hydrogen-bond acceptors (Lipinski definition) is 6. The quantitative estimate of drug-likeness (QED) is 0.376. The summed E-state index contributed by atoms with van der Waals surface area (Å²) >= 11 is 6.42. The van der Waals surface area contributed by atoms with Gasteiger partial charge in [0.05, 0.1) is 10.7 Å². The standard InChI is InChI=1S/C24H25ClF3N5O/c25-20-14-31-23(32-17-9-7-16(29)8-10-17)12-19(20)21-5-2-6-22(33-21)30-13-15-3-1-4-18(11-15)34-24(26,27)28/h1-6,11-12,14,16-17H,7-10,13,29H2,(H,30,33)(H,31,32)/t16-,17-. The van der Waals surface area contributed by atoms with Crippen LogP contribution in [0.15, 0.2) is 54.7 Å². The summed E-state index contributed by atoms with van der Waals surface area (Å²) in [6.45, 7) is 0.270. The number of pyridine rings is 2. The summed E-state index contributed by atoms with van der Waals surface area (Å²) in [4.78, 5) is 9.02. The van der Waals surface area contributed by atoms with E-state index in [1.807, 2.05) is 18.2 Å². The zero-order valence-corrected chi connectivity index (χ0v) is 19.0. The lowest BCUT2D eigenvalue weighted by atomic mass is 9.92. The fraction of sp³-hybridized carbons (Fsp3) is 0.333. The molecule has 1 aliphatic carbocycles. The number of nitrogens with zero attached hydrogens (tertiary/aromatic N) is 2. The van der Waals surface area contributed by atoms with E-state index in [-0.39, 0.29) is 18.3 Å². The summed E-state index contributed by atoms with van der Waals surface area (Å²) in [6, 6.07) is 13.7. The average molecular weight is 492 g/mol. The molecule has 3 aromatic rings. The fourth-order valence-electron chi connectivity index (χ4n) is 3.91. The van der Waals surface area contributed by atoms with Crippen molar-refractivity contribution in [2.45, 2.75) is 50.7 Å². The first-order valence-corrected chi connectivity index (χ1v) is 11.4. The molecule has 0 unspecified atom stereocenters. The molecule has 180 valence electrons. The molecule has 1 aliphatic rings. The number of hydrogen-bond donors (Lipinski definition) is 3. The number of benzene rings is 1. The van der Waals surface area contributed by atoms with Gasteiger partial charge in [0, 0.05) is 30.4 Å². The van der Waals surface area contributed by atoms with E-state index in [0.717, 1.165) is 37.1 Å². The summed E-state index contributed by atoms with van der Waals surface area (Å²) in [5.74, 6) is 1.02. The van der Waals surface area contributed by atoms with Crippen LogP contribution in [0.1, 0.15) is 31.2 Å². The van der Waals surface area contributed by atoms with Gasteiger partial charge in [-0.1, -0.05) is 29.8 Å². The number of aromatic nitrogens is 2. The first-order valence-electron chi connectivity index (χ1n) is 11.0. The molecule has 4 rings (SSSR count). The highest BCUT2D eigenvalue weighted by atomic mass is 35.5. The van der Waals surface area contributed by atoms with Crippen molar-refractivity contribution < 1.29 is 17.9 Å². The molecule has 34 heavy (non-hydrogen) atoms. The molecular formula is C24H25ClF3N5O. The van der Waals surface area contributed by atoms with Gasteiger partial charge in [-0.25, -0.2) is 9.97 Å². The first-order chi connectivity index (χ1) is 16.2. The molecule has 6 nitrogen and oxygen atoms in total. The topological polar surface area (TPSA) is 85.1 Å². The van der Waals surface area contributed by atoms with Gasteiger partial charge >= 0.3 is 6.36 Å². The van der Waals surface area contributed by atoms with E-state index in [2.05, 4.69) is 25.3 Å². The Morgan fingerprint density at radius 2 is 1.79 bits per heavy atom. The molecule has 1 fully saturated rings. The zero-order valence-electron chi connectivity index (χ0n) is 18.3. The number of halogens is 4. The lowest BCUT2D eigenvalue weighted by Crippen LogP contribution is -2.33. The van der Waals surface area contributed by atoms with E-state index in [4.69, 9.17) is 17.3 Å². The predicted octanol–water partition coefficient (Wildman–Crippen LogP) is 5.99. The number of rotatable bonds is 7. The van der Waals surface area contributed by atoms with Crippen molar-refractivity contribution in [3.63, 3.8) is 0 Å². The zero-order chi connectivity index (χ0) is 24.1. The van der Waals surface area contributed by atoms with Crippen molar-refractivity contribution in [1.29, 1.82) is 0 Å². The van der Waals surface area contributed by atoms with Crippen LogP contribution in [0, 0.1) is 0 Å². The van der Waals surface area contributed by atoms with Crippen LogP contribution in [0.25, 0.3) is 11.3 Å². The van der Waals surface area contributed by atoms with Crippen LogP contribution in [0.5, 0.6) is 5.75 Å². The van der Waals surface area contributed by atoms with E-state index in [1.54, 1.807) is 18.3 Å². The normalized spacial score (nSPS) is 18.4. The first kappa shape index (κ1) is 24.1. The number of nitrogens with one attached hydrogen (secondary N) is 2. The number of ether oxygens (including phenoxy) is 1. The molecule has 10 heteroatoms. The molecule has 0 bridgehead atoms. The Balaban J connectivity index is 1.45. The maximum Gasteiger partial charge on any atom is 0.573 e. The highest BCUT2D eigenvalue weighted by molar-refractivity contribution is 6.33. The van der Waals surface area contributed by atoms with Gasteiger partial charge in [-0.15, -0.1) is 13.2 Å². The molecule has 2 heterocycles. The van der Waals surface area contributed by atoms with Gasteiger partial charge in [0.15, 0.2) is 0 Å². The highest BCUT2D eigenvalue weighted by Crippen LogP contribution is 2.30. The van der Waals surface area contributed by atoms with Crippen LogP contribution in [-0.2, 0) is 6.54 Å². The molecule has 2 aromatic heterocycles. The number of nitrogens with two attached hydrogens (primary N) is 1. The Morgan fingerprint density at radius 1 is 1.03 bits per heavy atom. The lowest BCUT2D eigenvalue weighted by molar-refractivity contribution is -0.274. The molecule has 1 aromatic carbocycles. The molecule has 4 N–H and O–H groups in total. The van der Waals surface area contributed by atoms with E-state index in [9.17, 15) is 13.2 Å². The van der Waals surface area contributed by atoms with Crippen molar-refractivity contribution in [1.82, 2.24) is 9.97 Å². The number of alkyl halides is 3. The van der Waals surface area contributed by atoms with E-state index in [1.165, 1.54) is 18.2 Å². The summed E-state index contributed by atoms with van der Waals surface area (Å²) in [5.41, 5.74) is 8.00. The summed E-state index contributed by atoms with van der Waals surface area (Å²) < 4.78 is 41.4. The van der Waals surface area contributed by atoms with Crippen molar-refractivity contribution in [3.05, 3.63) is 65.3 Å². The van der Waals surface area contributed by atoms with Crippen LogP contribution in [0.2, 0.25) is 5.02 Å². The van der Waals surface area contributed by atoms with E-state index >= 15 is 0 Å². The van der Waals surface area contributed by atoms with Gasteiger partial charge in [-0.3, -0.25) is 0 Å². The smallest absolute Gasteiger partial charge is 0.406 e. The maximum absolute atomic E-state index is 12.5. The molecule has 0 spiro atoms. The second-order valence-electron chi connectivity index (χ2n) is 8.26. The van der Waals surface area contributed by atoms with Gasteiger partial charge in [-0.05, 0) is 61.6 Å². The Kier molecular flexibility index (Phi) is 7.43. The molecule has 0 saturated heterocycles. The Bertz CT molecular complexity index is 1120. The maximum atomic E-state index is 12.5. The SMILES string of the molecule is N[C@H]1CC[C@H](Nc2cc(-c3cccc(NCc4cccc(OC(F)(F)F)c4)n3)c(Cl)cn2)CC1. The van der Waals surface area contributed by atoms with Crippen LogP contribution < -0.4 is 21.1 Å². The van der Waals surface area contributed by atoms with Crippen LogP contribution in [0.3, 0.4) is 0 Å². The molecule has 0 aliphatic heterocycles. The van der Waals surface area contributed by atoms with Crippen LogP contribution in [0.4, 0.5) is 24.8 Å². The lowest BCUT2D eigenvalue weighted by Gasteiger charge is -2.27. The second kappa shape index (κ2) is 10.5. The monoisotopic (exact) mass is 491 g/mol. The molecule has 0 radical (unpaired) electrons. The third-order valence-electron chi connectivity index (χ3n) is 5.61. The molecule has 0 amide bonds. The minimum Gasteiger partial charge on any atom is -0.406 e. The minimum absolute atomic E-state index is 0.267. The average Bonchev–Trinajstić information content (AvgIpc) is 2.80. The van der Waals surface area contributed by atoms with Gasteiger partial charge < -0.3 is 21.1 Å². The summed E-state index contributed by atoms with van der Waals surface area (Å²) in [7, 11) is 0. The van der Waals surface area contributed by atoms with Gasteiger partial charge in [0.2, 0.25) is 0 Å². The molecule has 0 atom stereocenters. The third-order valence-corrected chi connectivity index (χ3v) is 5.91. The van der Waals surface area contributed by atoms with E-state index < -0.39 is 6.36 Å². The highest BCUT2D eigenvalue weighted by Gasteiger charge is 2.31. The Morgan fingerprint density at radius 3 is 2.56 bits per heavy atom. The predicted molar refractivity (Wildman–Crippen MR) is 127 cm³/mol. The van der Waals surface area contributed by atoms with Gasteiger partial charge in [-0.2, -0.15) is 0 Å². The molecular weight excluding hydrogens is 467 g/mol. The third kappa shape index (κ3) is 6.74. The minimum atomic E-state index is -4.73. The fourth-order valence-corrected chi connectivity index (χ4v) is 4.12. The Labute approximate surface area is 200 Å².